The van der Waals surface area contributed by atoms with Gasteiger partial charge >= 0.3 is 0 Å². The molecule has 2 aliphatic heterocycles. The van der Waals surface area contributed by atoms with Gasteiger partial charge in [0, 0.05) is 59.2 Å². The Morgan fingerprint density at radius 2 is 1.46 bits per heavy atom. The summed E-state index contributed by atoms with van der Waals surface area (Å²) in [5.74, 6) is 1.01. The molecule has 1 N–H and O–H groups in total. The van der Waals surface area contributed by atoms with E-state index < -0.39 is 10.8 Å². The molecule has 0 radical (unpaired) electrons. The molecular weight excluding hydrogens is 490 g/mol. The summed E-state index contributed by atoms with van der Waals surface area (Å²) in [7, 11) is 0. The molecule has 5 saturated carbocycles. The van der Waals surface area contributed by atoms with E-state index in [1.807, 2.05) is 22.9 Å². The standard InChI is InChI=1S/C32H29N3O4/c1-15-3-4-19-20(36)5-22-31(24(15)19)7-17(31)10-34(22)27(38)29-12-30(13-29,14-29)28(39)35-11-18-8-32(18)23(35)6-21(37)26-25(32)16(2)9-33-26/h3,5-6,9,17-18,33H,4,7-8,10-14H2,1-2H3/t17-,18-,29?,30?,31?,32?/m1/s1. The van der Waals surface area contributed by atoms with Crippen molar-refractivity contribution in [3.8, 4) is 0 Å². The molecule has 7 heteroatoms. The first-order valence-electron chi connectivity index (χ1n) is 14.4. The number of nitrogens with zero attached hydrogens (tertiary/aromatic N) is 2. The zero-order valence-corrected chi connectivity index (χ0v) is 22.1. The average molecular weight is 520 g/mol. The van der Waals surface area contributed by atoms with Crippen LogP contribution in [0.4, 0.5) is 0 Å². The summed E-state index contributed by atoms with van der Waals surface area (Å²) in [6, 6.07) is 0. The highest BCUT2D eigenvalue weighted by Crippen LogP contribution is 2.78. The van der Waals surface area contributed by atoms with Crippen LogP contribution < -0.4 is 0 Å². The van der Waals surface area contributed by atoms with Crippen LogP contribution in [0.5, 0.6) is 0 Å². The number of allylic oxidation sites excluding steroid dienone is 7. The normalized spacial score (nSPS) is 42.8. The number of fused-ring (bicyclic) bond motifs is 1. The number of amides is 2. The Balaban J connectivity index is 0.910. The Kier molecular flexibility index (Phi) is 3.20. The molecule has 2 unspecified atom stereocenters. The van der Waals surface area contributed by atoms with Crippen LogP contribution in [-0.2, 0) is 19.8 Å². The van der Waals surface area contributed by atoms with Gasteiger partial charge in [0.25, 0.3) is 0 Å². The molecule has 1 aromatic rings. The largest absolute Gasteiger partial charge is 0.358 e. The van der Waals surface area contributed by atoms with Gasteiger partial charge in [-0.3, -0.25) is 19.2 Å². The van der Waals surface area contributed by atoms with E-state index >= 15 is 0 Å². The molecule has 7 fully saturated rings. The van der Waals surface area contributed by atoms with E-state index in [2.05, 4.69) is 18.0 Å². The van der Waals surface area contributed by atoms with Gasteiger partial charge in [-0.2, -0.15) is 0 Å². The number of carbonyl (C=O) groups is 4. The fraction of sp³-hybridized carbons (Fsp3) is 0.500. The zero-order valence-electron chi connectivity index (χ0n) is 22.1. The maximum atomic E-state index is 14.0. The number of ketones is 2. The Hall–Kier alpha value is -3.48. The molecule has 11 rings (SSSR count). The number of aromatic nitrogens is 1. The number of hydrogen-bond donors (Lipinski definition) is 1. The first kappa shape index (κ1) is 21.4. The highest BCUT2D eigenvalue weighted by molar-refractivity contribution is 6.10. The van der Waals surface area contributed by atoms with Crippen LogP contribution in [0.2, 0.25) is 0 Å². The predicted molar refractivity (Wildman–Crippen MR) is 139 cm³/mol. The number of H-pyrrole nitrogens is 1. The third-order valence-electron chi connectivity index (χ3n) is 12.3. The van der Waals surface area contributed by atoms with Crippen molar-refractivity contribution < 1.29 is 19.2 Å². The van der Waals surface area contributed by atoms with Gasteiger partial charge in [-0.25, -0.2) is 0 Å². The number of piperidine rings is 2. The monoisotopic (exact) mass is 519 g/mol. The number of hydrogen-bond acceptors (Lipinski definition) is 4. The Morgan fingerprint density at radius 3 is 2.15 bits per heavy atom. The Morgan fingerprint density at radius 1 is 0.872 bits per heavy atom. The third kappa shape index (κ3) is 2.02. The lowest BCUT2D eigenvalue weighted by molar-refractivity contribution is -0.219. The van der Waals surface area contributed by atoms with Gasteiger partial charge < -0.3 is 14.8 Å². The van der Waals surface area contributed by atoms with Crippen LogP contribution in [0.25, 0.3) is 0 Å². The second kappa shape index (κ2) is 5.84. The van der Waals surface area contributed by atoms with Crippen LogP contribution in [0, 0.1) is 35.0 Å². The van der Waals surface area contributed by atoms with Gasteiger partial charge in [-0.1, -0.05) is 11.6 Å². The lowest BCUT2D eigenvalue weighted by atomic mass is 9.34. The predicted octanol–water partition coefficient (Wildman–Crippen LogP) is 3.64. The van der Waals surface area contributed by atoms with Crippen molar-refractivity contribution in [2.45, 2.75) is 57.8 Å². The molecule has 2 amide bonds. The van der Waals surface area contributed by atoms with Gasteiger partial charge in [0.05, 0.1) is 16.5 Å². The fourth-order valence-electron chi connectivity index (χ4n) is 10.6. The second-order valence-electron chi connectivity index (χ2n) is 14.1. The van der Waals surface area contributed by atoms with E-state index in [-0.39, 0.29) is 34.2 Å². The summed E-state index contributed by atoms with van der Waals surface area (Å²) < 4.78 is 0. The number of aryl methyl sites for hydroxylation is 1. The first-order valence-corrected chi connectivity index (χ1v) is 14.4. The van der Waals surface area contributed by atoms with Gasteiger partial charge in [0.15, 0.2) is 5.78 Å². The molecular formula is C32H29N3O4. The van der Waals surface area contributed by atoms with E-state index in [0.29, 0.717) is 56.3 Å². The summed E-state index contributed by atoms with van der Waals surface area (Å²) in [6.07, 6.45) is 12.0. The van der Waals surface area contributed by atoms with Crippen molar-refractivity contribution in [2.24, 2.45) is 28.1 Å². The number of aromatic amines is 1. The van der Waals surface area contributed by atoms with Crippen LogP contribution in [-0.4, -0.2) is 51.3 Å². The molecule has 4 atom stereocenters. The van der Waals surface area contributed by atoms with Gasteiger partial charge in [0.1, 0.15) is 0 Å². The second-order valence-corrected chi connectivity index (χ2v) is 14.1. The fourth-order valence-corrected chi connectivity index (χ4v) is 10.6. The van der Waals surface area contributed by atoms with E-state index in [1.165, 1.54) is 11.1 Å². The first-order chi connectivity index (χ1) is 18.7. The van der Waals surface area contributed by atoms with Crippen LogP contribution >= 0.6 is 0 Å². The van der Waals surface area contributed by atoms with Crippen LogP contribution in [0.1, 0.15) is 67.1 Å². The van der Waals surface area contributed by atoms with Crippen LogP contribution in [0.15, 0.2) is 52.5 Å². The van der Waals surface area contributed by atoms with Crippen molar-refractivity contribution in [1.29, 1.82) is 0 Å². The lowest BCUT2D eigenvalue weighted by Gasteiger charge is -2.69. The summed E-state index contributed by atoms with van der Waals surface area (Å²) in [5, 5.41) is 0. The molecule has 0 aromatic carbocycles. The minimum Gasteiger partial charge on any atom is -0.358 e. The molecule has 2 spiro atoms. The Bertz CT molecular complexity index is 1700. The number of likely N-dealkylation sites (tertiary alicyclic amines) is 2. The average Bonchev–Trinajstić information content (AvgIpc) is 3.45. The van der Waals surface area contributed by atoms with Crippen molar-refractivity contribution in [2.75, 3.05) is 13.1 Å². The van der Waals surface area contributed by atoms with E-state index in [9.17, 15) is 19.2 Å². The molecule has 3 heterocycles. The van der Waals surface area contributed by atoms with Gasteiger partial charge in [0.2, 0.25) is 17.6 Å². The van der Waals surface area contributed by atoms with Crippen molar-refractivity contribution in [1.82, 2.24) is 14.8 Å². The van der Waals surface area contributed by atoms with E-state index in [4.69, 9.17) is 0 Å². The van der Waals surface area contributed by atoms with Crippen molar-refractivity contribution in [3.05, 3.63) is 69.4 Å². The van der Waals surface area contributed by atoms with Gasteiger partial charge in [-0.05, 0) is 80.9 Å². The maximum absolute atomic E-state index is 14.0. The number of carbonyl (C=O) groups excluding carboxylic acids is 4. The molecule has 8 aliphatic carbocycles. The zero-order chi connectivity index (χ0) is 26.4. The number of rotatable bonds is 2. The minimum absolute atomic E-state index is 0.0456. The molecule has 39 heavy (non-hydrogen) atoms. The highest BCUT2D eigenvalue weighted by atomic mass is 16.2. The number of nitrogens with one attached hydrogen (secondary N) is 1. The SMILES string of the molecule is CC1=CCC2=C1C13C[C@@H]1CN(C(=O)C14CC(C(=O)N5C[C@H]6CC67C5=CC(=O)c5[nH]cc(C)c57)(C1)C4)C3=CC2=O. The molecule has 196 valence electrons. The quantitative estimate of drug-likeness (QED) is 0.646. The summed E-state index contributed by atoms with van der Waals surface area (Å²) in [6.45, 7) is 5.50. The molecule has 1 aromatic heterocycles. The summed E-state index contributed by atoms with van der Waals surface area (Å²) >= 11 is 0. The minimum atomic E-state index is -0.484. The van der Waals surface area contributed by atoms with E-state index in [1.54, 1.807) is 12.2 Å². The highest BCUT2D eigenvalue weighted by Gasteiger charge is 2.79. The maximum Gasteiger partial charge on any atom is 0.233 e. The third-order valence-corrected chi connectivity index (χ3v) is 12.3. The lowest BCUT2D eigenvalue weighted by Crippen LogP contribution is -2.72. The van der Waals surface area contributed by atoms with Gasteiger partial charge in [-0.15, -0.1) is 0 Å². The summed E-state index contributed by atoms with van der Waals surface area (Å²) in [5.41, 5.74) is 6.74. The topological polar surface area (TPSA) is 90.6 Å². The molecule has 10 aliphatic rings. The van der Waals surface area contributed by atoms with Crippen LogP contribution in [0.3, 0.4) is 0 Å². The van der Waals surface area contributed by atoms with Crippen molar-refractivity contribution in [3.63, 3.8) is 0 Å². The molecule has 2 bridgehead atoms. The Labute approximate surface area is 225 Å². The molecule has 7 nitrogen and oxygen atoms in total. The van der Waals surface area contributed by atoms with E-state index in [0.717, 1.165) is 40.9 Å². The van der Waals surface area contributed by atoms with Crippen molar-refractivity contribution >= 4 is 23.4 Å². The smallest absolute Gasteiger partial charge is 0.233 e. The summed E-state index contributed by atoms with van der Waals surface area (Å²) in [4.78, 5) is 60.9. The molecule has 2 saturated heterocycles.